The fourth-order valence-electron chi connectivity index (χ4n) is 4.57. The Kier molecular flexibility index (Phi) is 6.15. The first-order valence-electron chi connectivity index (χ1n) is 10.6. The number of hydrogen-bond donors (Lipinski definition) is 1. The van der Waals surface area contributed by atoms with E-state index in [9.17, 15) is 9.59 Å². The third kappa shape index (κ3) is 4.38. The monoisotopic (exact) mass is 479 g/mol. The number of rotatable bonds is 4. The van der Waals surface area contributed by atoms with E-state index in [0.717, 1.165) is 33.4 Å². The van der Waals surface area contributed by atoms with Crippen molar-refractivity contribution < 1.29 is 14.3 Å². The normalized spacial score (nSPS) is 21.1. The third-order valence-electron chi connectivity index (χ3n) is 5.84. The van der Waals surface area contributed by atoms with Gasteiger partial charge in [0.05, 0.1) is 11.7 Å². The SMILES string of the molecule is CC1=C(C(=O)OC(C)C)[C@@H](c2cccc(Br)c2)C2=C(C[C@H](c3ccccc3)CC2=O)N1. The number of esters is 1. The Bertz CT molecular complexity index is 1080. The summed E-state index contributed by atoms with van der Waals surface area (Å²) in [6.07, 6.45) is 0.927. The molecule has 0 aromatic heterocycles. The molecule has 5 heteroatoms. The van der Waals surface area contributed by atoms with Crippen molar-refractivity contribution in [2.75, 3.05) is 0 Å². The van der Waals surface area contributed by atoms with Crippen molar-refractivity contribution in [3.05, 3.63) is 92.7 Å². The molecule has 160 valence electrons. The summed E-state index contributed by atoms with van der Waals surface area (Å²) in [4.78, 5) is 26.6. The second kappa shape index (κ2) is 8.83. The smallest absolute Gasteiger partial charge is 0.337 e. The second-order valence-corrected chi connectivity index (χ2v) is 9.35. The Balaban J connectivity index is 1.81. The number of benzene rings is 2. The van der Waals surface area contributed by atoms with Gasteiger partial charge in [0, 0.05) is 33.8 Å². The van der Waals surface area contributed by atoms with Gasteiger partial charge in [0.25, 0.3) is 0 Å². The van der Waals surface area contributed by atoms with Gasteiger partial charge < -0.3 is 10.1 Å². The molecule has 0 saturated carbocycles. The molecule has 0 saturated heterocycles. The van der Waals surface area contributed by atoms with Gasteiger partial charge in [0.2, 0.25) is 0 Å². The molecule has 0 spiro atoms. The van der Waals surface area contributed by atoms with Gasteiger partial charge in [-0.2, -0.15) is 0 Å². The van der Waals surface area contributed by atoms with E-state index in [4.69, 9.17) is 4.74 Å². The molecule has 2 atom stereocenters. The summed E-state index contributed by atoms with van der Waals surface area (Å²) >= 11 is 3.54. The van der Waals surface area contributed by atoms with Crippen LogP contribution in [0.1, 0.15) is 56.6 Å². The molecule has 1 aliphatic heterocycles. The van der Waals surface area contributed by atoms with Gasteiger partial charge in [-0.1, -0.05) is 58.4 Å². The first kappa shape index (κ1) is 21.6. The van der Waals surface area contributed by atoms with Crippen LogP contribution in [0.15, 0.2) is 81.6 Å². The van der Waals surface area contributed by atoms with Gasteiger partial charge >= 0.3 is 5.97 Å². The van der Waals surface area contributed by atoms with Crippen molar-refractivity contribution in [2.24, 2.45) is 0 Å². The second-order valence-electron chi connectivity index (χ2n) is 8.44. The molecule has 1 aliphatic carbocycles. The molecule has 1 heterocycles. The zero-order chi connectivity index (χ0) is 22.1. The van der Waals surface area contributed by atoms with Crippen LogP contribution >= 0.6 is 15.9 Å². The van der Waals surface area contributed by atoms with Crippen LogP contribution < -0.4 is 5.32 Å². The Morgan fingerprint density at radius 2 is 1.77 bits per heavy atom. The maximum atomic E-state index is 13.5. The molecule has 0 fully saturated rings. The van der Waals surface area contributed by atoms with Crippen molar-refractivity contribution in [2.45, 2.75) is 51.6 Å². The molecular formula is C26H26BrNO3. The maximum Gasteiger partial charge on any atom is 0.337 e. The molecule has 2 aliphatic rings. The molecule has 2 aromatic rings. The van der Waals surface area contributed by atoms with E-state index < -0.39 is 5.92 Å². The lowest BCUT2D eigenvalue weighted by molar-refractivity contribution is -0.143. The van der Waals surface area contributed by atoms with E-state index in [1.54, 1.807) is 0 Å². The van der Waals surface area contributed by atoms with E-state index in [2.05, 4.69) is 33.4 Å². The van der Waals surface area contributed by atoms with Crippen molar-refractivity contribution in [1.29, 1.82) is 0 Å². The zero-order valence-corrected chi connectivity index (χ0v) is 19.5. The lowest BCUT2D eigenvalue weighted by Gasteiger charge is -2.37. The van der Waals surface area contributed by atoms with Crippen molar-refractivity contribution in [1.82, 2.24) is 5.32 Å². The average molecular weight is 480 g/mol. The van der Waals surface area contributed by atoms with Crippen molar-refractivity contribution in [3.8, 4) is 0 Å². The summed E-state index contributed by atoms with van der Waals surface area (Å²) in [5.74, 6) is -0.617. The van der Waals surface area contributed by atoms with Crippen LogP contribution in [-0.4, -0.2) is 17.9 Å². The van der Waals surface area contributed by atoms with Gasteiger partial charge in [0.1, 0.15) is 0 Å². The molecule has 4 rings (SSSR count). The number of halogens is 1. The predicted octanol–water partition coefficient (Wildman–Crippen LogP) is 5.76. The Morgan fingerprint density at radius 1 is 1.06 bits per heavy atom. The number of ketones is 1. The van der Waals surface area contributed by atoms with Crippen LogP contribution in [-0.2, 0) is 14.3 Å². The third-order valence-corrected chi connectivity index (χ3v) is 6.34. The topological polar surface area (TPSA) is 55.4 Å². The van der Waals surface area contributed by atoms with Gasteiger partial charge in [-0.25, -0.2) is 4.79 Å². The number of carbonyl (C=O) groups is 2. The van der Waals surface area contributed by atoms with Gasteiger partial charge in [-0.05, 0) is 56.4 Å². The van der Waals surface area contributed by atoms with Crippen LogP contribution in [0.25, 0.3) is 0 Å². The highest BCUT2D eigenvalue weighted by Gasteiger charge is 2.41. The number of ether oxygens (including phenoxy) is 1. The molecule has 0 bridgehead atoms. The van der Waals surface area contributed by atoms with E-state index in [0.29, 0.717) is 17.6 Å². The van der Waals surface area contributed by atoms with Gasteiger partial charge in [-0.15, -0.1) is 0 Å². The van der Waals surface area contributed by atoms with Crippen LogP contribution in [0.5, 0.6) is 0 Å². The fraction of sp³-hybridized carbons (Fsp3) is 0.308. The summed E-state index contributed by atoms with van der Waals surface area (Å²) in [6.45, 7) is 5.56. The molecule has 4 nitrogen and oxygen atoms in total. The highest BCUT2D eigenvalue weighted by Crippen LogP contribution is 2.46. The summed E-state index contributed by atoms with van der Waals surface area (Å²) in [6, 6.07) is 18.0. The maximum absolute atomic E-state index is 13.5. The minimum absolute atomic E-state index is 0.0786. The number of dihydropyridines is 1. The number of Topliss-reactive ketones (excluding diaryl/α,β-unsaturated/α-hetero) is 1. The standard InChI is InChI=1S/C26H26BrNO3/c1-15(2)31-26(30)23-16(3)28-21-13-19(17-8-5-4-6-9-17)14-22(29)25(21)24(23)18-10-7-11-20(27)12-18/h4-12,15,19,24,28H,13-14H2,1-3H3/t19-,24+/m0/s1. The van der Waals surface area contributed by atoms with Crippen LogP contribution in [0.2, 0.25) is 0 Å². The highest BCUT2D eigenvalue weighted by molar-refractivity contribution is 9.10. The lowest BCUT2D eigenvalue weighted by atomic mass is 9.72. The van der Waals surface area contributed by atoms with E-state index >= 15 is 0 Å². The summed E-state index contributed by atoms with van der Waals surface area (Å²) in [5, 5.41) is 3.39. The first-order chi connectivity index (χ1) is 14.8. The van der Waals surface area contributed by atoms with Crippen LogP contribution in [0.3, 0.4) is 0 Å². The molecular weight excluding hydrogens is 454 g/mol. The average Bonchev–Trinajstić information content (AvgIpc) is 2.72. The van der Waals surface area contributed by atoms with Gasteiger partial charge in [-0.3, -0.25) is 4.79 Å². The van der Waals surface area contributed by atoms with Crippen LogP contribution in [0.4, 0.5) is 0 Å². The van der Waals surface area contributed by atoms with Crippen molar-refractivity contribution in [3.63, 3.8) is 0 Å². The predicted molar refractivity (Wildman–Crippen MR) is 124 cm³/mol. The number of allylic oxidation sites excluding steroid dienone is 3. The van der Waals surface area contributed by atoms with E-state index in [1.165, 1.54) is 0 Å². The number of hydrogen-bond acceptors (Lipinski definition) is 4. The number of nitrogens with one attached hydrogen (secondary N) is 1. The summed E-state index contributed by atoms with van der Waals surface area (Å²) in [7, 11) is 0. The minimum Gasteiger partial charge on any atom is -0.460 e. The Morgan fingerprint density at radius 3 is 2.45 bits per heavy atom. The Labute approximate surface area is 191 Å². The van der Waals surface area contributed by atoms with Crippen LogP contribution in [0, 0.1) is 0 Å². The highest BCUT2D eigenvalue weighted by atomic mass is 79.9. The largest absolute Gasteiger partial charge is 0.460 e. The van der Waals surface area contributed by atoms with E-state index in [-0.39, 0.29) is 23.8 Å². The number of carbonyl (C=O) groups excluding carboxylic acids is 2. The zero-order valence-electron chi connectivity index (χ0n) is 17.9. The molecule has 0 unspecified atom stereocenters. The molecule has 0 radical (unpaired) electrons. The van der Waals surface area contributed by atoms with Crippen molar-refractivity contribution >= 4 is 27.7 Å². The lowest BCUT2D eigenvalue weighted by Crippen LogP contribution is -2.36. The Hall–Kier alpha value is -2.66. The summed E-state index contributed by atoms with van der Waals surface area (Å²) in [5.41, 5.74) is 4.92. The van der Waals surface area contributed by atoms with E-state index in [1.807, 2.05) is 63.2 Å². The first-order valence-corrected chi connectivity index (χ1v) is 11.4. The molecule has 1 N–H and O–H groups in total. The summed E-state index contributed by atoms with van der Waals surface area (Å²) < 4.78 is 6.47. The molecule has 31 heavy (non-hydrogen) atoms. The molecule has 0 amide bonds. The molecule has 2 aromatic carbocycles. The fourth-order valence-corrected chi connectivity index (χ4v) is 4.98. The minimum atomic E-state index is -0.441. The van der Waals surface area contributed by atoms with Gasteiger partial charge in [0.15, 0.2) is 5.78 Å². The quantitative estimate of drug-likeness (QED) is 0.566.